The van der Waals surface area contributed by atoms with Gasteiger partial charge in [0.2, 0.25) is 0 Å². The normalized spacial score (nSPS) is 11.0. The molecule has 2 aromatic rings. The summed E-state index contributed by atoms with van der Waals surface area (Å²) in [5.74, 6) is -0.0181. The van der Waals surface area contributed by atoms with Gasteiger partial charge in [-0.25, -0.2) is 8.42 Å². The fourth-order valence-electron chi connectivity index (χ4n) is 1.71. The molecule has 0 heterocycles. The number of ether oxygens (including phenoxy) is 1. The van der Waals surface area contributed by atoms with E-state index < -0.39 is 20.6 Å². The largest absolute Gasteiger partial charge is 0.490 e. The Labute approximate surface area is 131 Å². The molecule has 0 fully saturated rings. The Morgan fingerprint density at radius 2 is 1.82 bits per heavy atom. The Balaban J connectivity index is 2.39. The fraction of sp³-hybridized carbons (Fsp3) is 0.0769. The quantitative estimate of drug-likeness (QED) is 0.665. The summed E-state index contributed by atoms with van der Waals surface area (Å²) >= 11 is 5.72. The third-order valence-electron chi connectivity index (χ3n) is 2.75. The summed E-state index contributed by atoms with van der Waals surface area (Å²) in [4.78, 5) is 10.0. The summed E-state index contributed by atoms with van der Waals surface area (Å²) in [6.07, 6.45) is 0. The zero-order valence-corrected chi connectivity index (χ0v) is 12.9. The molecule has 2 aromatic carbocycles. The summed E-state index contributed by atoms with van der Waals surface area (Å²) in [6.45, 7) is 0. The first kappa shape index (κ1) is 16.1. The average molecular weight is 343 g/mol. The zero-order valence-electron chi connectivity index (χ0n) is 11.3. The van der Waals surface area contributed by atoms with E-state index in [9.17, 15) is 18.5 Å². The first-order valence-corrected chi connectivity index (χ1v) is 7.80. The molecule has 0 atom stereocenters. The second-order valence-corrected chi connectivity index (χ2v) is 6.32. The summed E-state index contributed by atoms with van der Waals surface area (Å²) in [6, 6.07) is 9.41. The summed E-state index contributed by atoms with van der Waals surface area (Å²) in [5, 5.41) is 11.4. The molecule has 0 aliphatic rings. The third kappa shape index (κ3) is 3.46. The smallest absolute Gasteiger partial charge is 0.312 e. The molecule has 0 unspecified atom stereocenters. The van der Waals surface area contributed by atoms with Crippen molar-refractivity contribution >= 4 is 33.0 Å². The van der Waals surface area contributed by atoms with Gasteiger partial charge in [0.25, 0.3) is 10.0 Å². The van der Waals surface area contributed by atoms with Crippen molar-refractivity contribution in [2.45, 2.75) is 4.90 Å². The van der Waals surface area contributed by atoms with Gasteiger partial charge in [-0.2, -0.15) is 0 Å². The maximum Gasteiger partial charge on any atom is 0.312 e. The van der Waals surface area contributed by atoms with Gasteiger partial charge in [0.1, 0.15) is 0 Å². The lowest BCUT2D eigenvalue weighted by Gasteiger charge is -2.09. The molecule has 2 rings (SSSR count). The Bertz CT molecular complexity index is 806. The average Bonchev–Trinajstić information content (AvgIpc) is 2.48. The highest BCUT2D eigenvalue weighted by Crippen LogP contribution is 2.30. The Morgan fingerprint density at radius 1 is 1.18 bits per heavy atom. The number of nitro groups is 1. The Kier molecular flexibility index (Phi) is 4.53. The van der Waals surface area contributed by atoms with E-state index in [-0.39, 0.29) is 10.6 Å². The molecule has 0 spiro atoms. The highest BCUT2D eigenvalue weighted by atomic mass is 35.5. The molecule has 0 saturated heterocycles. The number of hydrogen-bond acceptors (Lipinski definition) is 5. The van der Waals surface area contributed by atoms with Gasteiger partial charge in [0.15, 0.2) is 5.75 Å². The molecule has 116 valence electrons. The maximum absolute atomic E-state index is 12.3. The van der Waals surface area contributed by atoms with E-state index in [1.165, 1.54) is 43.5 Å². The minimum Gasteiger partial charge on any atom is -0.490 e. The molecule has 0 saturated carbocycles. The van der Waals surface area contributed by atoms with Crippen LogP contribution in [0.1, 0.15) is 0 Å². The first-order chi connectivity index (χ1) is 10.3. The monoisotopic (exact) mass is 342 g/mol. The van der Waals surface area contributed by atoms with Gasteiger partial charge in [-0.05, 0) is 36.4 Å². The van der Waals surface area contributed by atoms with Crippen molar-refractivity contribution in [2.24, 2.45) is 0 Å². The predicted molar refractivity (Wildman–Crippen MR) is 81.9 cm³/mol. The van der Waals surface area contributed by atoms with E-state index >= 15 is 0 Å². The van der Waals surface area contributed by atoms with Crippen molar-refractivity contribution in [3.63, 3.8) is 0 Å². The second-order valence-electron chi connectivity index (χ2n) is 4.20. The molecule has 0 bridgehead atoms. The first-order valence-electron chi connectivity index (χ1n) is 5.94. The van der Waals surface area contributed by atoms with Crippen LogP contribution in [0.4, 0.5) is 11.4 Å². The number of methoxy groups -OCH3 is 1. The van der Waals surface area contributed by atoms with Crippen molar-refractivity contribution in [1.29, 1.82) is 0 Å². The van der Waals surface area contributed by atoms with Crippen LogP contribution in [-0.2, 0) is 10.0 Å². The minimum atomic E-state index is -3.96. The van der Waals surface area contributed by atoms with Crippen LogP contribution in [0.5, 0.6) is 5.75 Å². The molecular weight excluding hydrogens is 332 g/mol. The van der Waals surface area contributed by atoms with Crippen LogP contribution in [0.25, 0.3) is 0 Å². The molecule has 7 nitrogen and oxygen atoms in total. The molecule has 0 aliphatic carbocycles. The van der Waals surface area contributed by atoms with E-state index in [0.717, 1.165) is 6.07 Å². The fourth-order valence-corrected chi connectivity index (χ4v) is 2.92. The highest BCUT2D eigenvalue weighted by molar-refractivity contribution is 7.92. The summed E-state index contributed by atoms with van der Waals surface area (Å²) < 4.78 is 31.7. The van der Waals surface area contributed by atoms with Gasteiger partial charge >= 0.3 is 5.69 Å². The lowest BCUT2D eigenvalue weighted by molar-refractivity contribution is -0.386. The molecule has 22 heavy (non-hydrogen) atoms. The second kappa shape index (κ2) is 6.20. The van der Waals surface area contributed by atoms with E-state index in [4.69, 9.17) is 16.3 Å². The number of benzene rings is 2. The van der Waals surface area contributed by atoms with Crippen LogP contribution in [0.15, 0.2) is 47.4 Å². The number of hydrogen-bond donors (Lipinski definition) is 1. The topological polar surface area (TPSA) is 98.5 Å². The maximum atomic E-state index is 12.3. The number of halogens is 1. The van der Waals surface area contributed by atoms with Crippen LogP contribution < -0.4 is 9.46 Å². The van der Waals surface area contributed by atoms with E-state index in [1.807, 2.05) is 0 Å². The Morgan fingerprint density at radius 3 is 2.36 bits per heavy atom. The molecule has 0 radical (unpaired) electrons. The lowest BCUT2D eigenvalue weighted by Crippen LogP contribution is -2.13. The number of anilines is 1. The lowest BCUT2D eigenvalue weighted by atomic mass is 10.3. The molecule has 9 heteroatoms. The van der Waals surface area contributed by atoms with Crippen molar-refractivity contribution in [3.8, 4) is 5.75 Å². The Hall–Kier alpha value is -2.32. The SMILES string of the molecule is COc1ccc(S(=O)(=O)Nc2ccc(Cl)cc2)cc1[N+](=O)[O-]. The van der Waals surface area contributed by atoms with Crippen molar-refractivity contribution in [1.82, 2.24) is 0 Å². The van der Waals surface area contributed by atoms with Gasteiger partial charge in [0.05, 0.1) is 16.9 Å². The number of nitrogens with one attached hydrogen (secondary N) is 1. The van der Waals surface area contributed by atoms with E-state index in [1.54, 1.807) is 0 Å². The number of nitro benzene ring substituents is 1. The number of sulfonamides is 1. The van der Waals surface area contributed by atoms with Crippen LogP contribution in [-0.4, -0.2) is 20.5 Å². The van der Waals surface area contributed by atoms with Gasteiger partial charge in [-0.15, -0.1) is 0 Å². The number of rotatable bonds is 5. The summed E-state index contributed by atoms with van der Waals surface area (Å²) in [5.41, 5.74) is -0.135. The van der Waals surface area contributed by atoms with Crippen LogP contribution in [0.2, 0.25) is 5.02 Å². The molecular formula is C13H11ClN2O5S. The standard InChI is InChI=1S/C13H11ClN2O5S/c1-21-13-7-6-11(8-12(13)16(17)18)22(19,20)15-10-4-2-9(14)3-5-10/h2-8,15H,1H3. The highest BCUT2D eigenvalue weighted by Gasteiger charge is 2.22. The minimum absolute atomic E-state index is 0.0181. The van der Waals surface area contributed by atoms with Crippen molar-refractivity contribution in [3.05, 3.63) is 57.6 Å². The van der Waals surface area contributed by atoms with Gasteiger partial charge < -0.3 is 4.74 Å². The van der Waals surface area contributed by atoms with Crippen LogP contribution in [0, 0.1) is 10.1 Å². The molecule has 0 amide bonds. The molecule has 0 aliphatic heterocycles. The van der Waals surface area contributed by atoms with E-state index in [2.05, 4.69) is 4.72 Å². The van der Waals surface area contributed by atoms with Crippen LogP contribution in [0.3, 0.4) is 0 Å². The predicted octanol–water partition coefficient (Wildman–Crippen LogP) is 3.06. The van der Waals surface area contributed by atoms with Crippen LogP contribution >= 0.6 is 11.6 Å². The van der Waals surface area contributed by atoms with E-state index in [0.29, 0.717) is 10.7 Å². The molecule has 1 N–H and O–H groups in total. The van der Waals surface area contributed by atoms with Crippen molar-refractivity contribution < 1.29 is 18.1 Å². The molecule has 0 aromatic heterocycles. The van der Waals surface area contributed by atoms with Gasteiger partial charge in [-0.1, -0.05) is 11.6 Å². The van der Waals surface area contributed by atoms with Gasteiger partial charge in [0, 0.05) is 16.8 Å². The zero-order chi connectivity index (χ0) is 16.3. The third-order valence-corrected chi connectivity index (χ3v) is 4.38. The summed E-state index contributed by atoms with van der Waals surface area (Å²) in [7, 11) is -2.69. The van der Waals surface area contributed by atoms with Gasteiger partial charge in [-0.3, -0.25) is 14.8 Å². The van der Waals surface area contributed by atoms with Crippen molar-refractivity contribution in [2.75, 3.05) is 11.8 Å². The number of nitrogens with zero attached hydrogens (tertiary/aromatic N) is 1.